The van der Waals surface area contributed by atoms with Crippen molar-refractivity contribution in [2.75, 3.05) is 19.4 Å². The van der Waals surface area contributed by atoms with Gasteiger partial charge in [0.1, 0.15) is 5.75 Å². The van der Waals surface area contributed by atoms with Gasteiger partial charge in [-0.15, -0.1) is 0 Å². The van der Waals surface area contributed by atoms with Crippen molar-refractivity contribution in [2.24, 2.45) is 0 Å². The van der Waals surface area contributed by atoms with E-state index in [4.69, 9.17) is 10.5 Å². The van der Waals surface area contributed by atoms with Crippen molar-refractivity contribution in [3.05, 3.63) is 42.2 Å². The fraction of sp³-hybridized carbons (Fsp3) is 0.231. The van der Waals surface area contributed by atoms with Crippen LogP contribution in [0.5, 0.6) is 5.75 Å². The molecule has 1 aromatic heterocycles. The molecule has 6 heteroatoms. The number of nitrogen functional groups attached to an aromatic ring is 1. The Balaban J connectivity index is 1.94. The number of amides is 1. The minimum absolute atomic E-state index is 0.183. The van der Waals surface area contributed by atoms with Gasteiger partial charge in [0.2, 0.25) is 0 Å². The minimum Gasteiger partial charge on any atom is -0.497 e. The monoisotopic (exact) mass is 260 g/mol. The molecule has 0 aliphatic heterocycles. The van der Waals surface area contributed by atoms with Crippen molar-refractivity contribution in [1.82, 2.24) is 15.1 Å². The number of aromatic nitrogens is 2. The highest BCUT2D eigenvalue weighted by Crippen LogP contribution is 2.18. The maximum absolute atomic E-state index is 11.9. The molecule has 2 rings (SSSR count). The zero-order chi connectivity index (χ0) is 13.7. The van der Waals surface area contributed by atoms with Crippen LogP contribution in [0.1, 0.15) is 10.4 Å². The number of ether oxygens (including phenoxy) is 1. The Bertz CT molecular complexity index is 552. The minimum atomic E-state index is -0.183. The van der Waals surface area contributed by atoms with Crippen LogP contribution in [0.4, 0.5) is 5.69 Å². The number of nitrogens with one attached hydrogen (secondary N) is 1. The molecule has 0 aliphatic rings. The molecule has 1 aromatic carbocycles. The van der Waals surface area contributed by atoms with E-state index in [2.05, 4.69) is 10.4 Å². The van der Waals surface area contributed by atoms with Gasteiger partial charge in [0.25, 0.3) is 5.91 Å². The number of hydrogen-bond donors (Lipinski definition) is 2. The van der Waals surface area contributed by atoms with Gasteiger partial charge < -0.3 is 15.8 Å². The predicted octanol–water partition coefficient (Wildman–Crippen LogP) is 0.904. The van der Waals surface area contributed by atoms with Gasteiger partial charge in [-0.05, 0) is 18.2 Å². The molecular weight excluding hydrogens is 244 g/mol. The molecule has 1 heterocycles. The van der Waals surface area contributed by atoms with Crippen molar-refractivity contribution >= 4 is 11.6 Å². The lowest BCUT2D eigenvalue weighted by Crippen LogP contribution is -2.27. The van der Waals surface area contributed by atoms with Crippen molar-refractivity contribution in [1.29, 1.82) is 0 Å². The van der Waals surface area contributed by atoms with E-state index in [1.54, 1.807) is 29.1 Å². The van der Waals surface area contributed by atoms with Crippen LogP contribution in [-0.2, 0) is 6.54 Å². The smallest absolute Gasteiger partial charge is 0.251 e. The van der Waals surface area contributed by atoms with E-state index in [0.29, 0.717) is 30.1 Å². The third-order valence-electron chi connectivity index (χ3n) is 2.61. The van der Waals surface area contributed by atoms with E-state index in [1.807, 2.05) is 12.3 Å². The van der Waals surface area contributed by atoms with Crippen LogP contribution >= 0.6 is 0 Å². The first kappa shape index (κ1) is 12.9. The average molecular weight is 260 g/mol. The van der Waals surface area contributed by atoms with Crippen LogP contribution in [0, 0.1) is 0 Å². The van der Waals surface area contributed by atoms with Crippen LogP contribution in [0.2, 0.25) is 0 Å². The Morgan fingerprint density at radius 1 is 1.47 bits per heavy atom. The molecule has 1 amide bonds. The Morgan fingerprint density at radius 2 is 2.32 bits per heavy atom. The van der Waals surface area contributed by atoms with Gasteiger partial charge in [-0.1, -0.05) is 0 Å². The largest absolute Gasteiger partial charge is 0.497 e. The standard InChI is InChI=1S/C13H16N4O2/c1-19-12-8-10(7-11(14)9-12)13(18)15-4-6-17-5-2-3-16-17/h2-3,5,7-9H,4,6,14H2,1H3,(H,15,18). The first-order valence-corrected chi connectivity index (χ1v) is 5.89. The predicted molar refractivity (Wildman–Crippen MR) is 72.0 cm³/mol. The van der Waals surface area contributed by atoms with Crippen LogP contribution in [0.25, 0.3) is 0 Å². The number of anilines is 1. The third-order valence-corrected chi connectivity index (χ3v) is 2.61. The lowest BCUT2D eigenvalue weighted by atomic mass is 10.2. The first-order valence-electron chi connectivity index (χ1n) is 5.89. The molecule has 0 spiro atoms. The molecule has 2 aromatic rings. The highest BCUT2D eigenvalue weighted by molar-refractivity contribution is 5.95. The first-order chi connectivity index (χ1) is 9.19. The van der Waals surface area contributed by atoms with Crippen molar-refractivity contribution in [3.8, 4) is 5.75 Å². The summed E-state index contributed by atoms with van der Waals surface area (Å²) in [6, 6.07) is 6.77. The van der Waals surface area contributed by atoms with Crippen LogP contribution in [-0.4, -0.2) is 29.3 Å². The van der Waals surface area contributed by atoms with E-state index < -0.39 is 0 Å². The molecule has 0 saturated heterocycles. The topological polar surface area (TPSA) is 82.2 Å². The van der Waals surface area contributed by atoms with Crippen LogP contribution in [0.3, 0.4) is 0 Å². The highest BCUT2D eigenvalue weighted by Gasteiger charge is 2.07. The van der Waals surface area contributed by atoms with E-state index in [-0.39, 0.29) is 5.91 Å². The summed E-state index contributed by atoms with van der Waals surface area (Å²) >= 11 is 0. The van der Waals surface area contributed by atoms with Crippen molar-refractivity contribution in [2.45, 2.75) is 6.54 Å². The molecule has 0 fully saturated rings. The summed E-state index contributed by atoms with van der Waals surface area (Å²) < 4.78 is 6.83. The number of methoxy groups -OCH3 is 1. The summed E-state index contributed by atoms with van der Waals surface area (Å²) in [5.41, 5.74) is 6.68. The molecule has 0 unspecified atom stereocenters. The number of hydrogen-bond acceptors (Lipinski definition) is 4. The molecule has 3 N–H and O–H groups in total. The fourth-order valence-electron chi connectivity index (χ4n) is 1.69. The molecule has 0 aliphatic carbocycles. The van der Waals surface area contributed by atoms with Crippen molar-refractivity contribution < 1.29 is 9.53 Å². The van der Waals surface area contributed by atoms with Gasteiger partial charge in [-0.3, -0.25) is 9.48 Å². The summed E-state index contributed by atoms with van der Waals surface area (Å²) in [5, 5.41) is 6.86. The number of carbonyl (C=O) groups excluding carboxylic acids is 1. The van der Waals surface area contributed by atoms with Crippen LogP contribution < -0.4 is 15.8 Å². The van der Waals surface area contributed by atoms with Gasteiger partial charge in [0.15, 0.2) is 0 Å². The van der Waals surface area contributed by atoms with Gasteiger partial charge >= 0.3 is 0 Å². The molecule has 19 heavy (non-hydrogen) atoms. The number of nitrogens with two attached hydrogens (primary N) is 1. The SMILES string of the molecule is COc1cc(N)cc(C(=O)NCCn2cccn2)c1. The Morgan fingerprint density at radius 3 is 3.00 bits per heavy atom. The summed E-state index contributed by atoms with van der Waals surface area (Å²) in [5.74, 6) is 0.384. The third kappa shape index (κ3) is 3.48. The summed E-state index contributed by atoms with van der Waals surface area (Å²) in [6.07, 6.45) is 3.54. The number of rotatable bonds is 5. The zero-order valence-corrected chi connectivity index (χ0v) is 10.7. The highest BCUT2D eigenvalue weighted by atomic mass is 16.5. The second-order valence-electron chi connectivity index (χ2n) is 4.02. The Hall–Kier alpha value is -2.50. The number of nitrogens with zero attached hydrogens (tertiary/aromatic N) is 2. The molecule has 100 valence electrons. The van der Waals surface area contributed by atoms with Gasteiger partial charge in [0, 0.05) is 36.3 Å². The molecule has 0 bridgehead atoms. The maximum atomic E-state index is 11.9. The second-order valence-corrected chi connectivity index (χ2v) is 4.02. The normalized spacial score (nSPS) is 10.2. The van der Waals surface area contributed by atoms with E-state index in [1.165, 1.54) is 7.11 Å². The fourth-order valence-corrected chi connectivity index (χ4v) is 1.69. The summed E-state index contributed by atoms with van der Waals surface area (Å²) in [4.78, 5) is 11.9. The zero-order valence-electron chi connectivity index (χ0n) is 10.7. The average Bonchev–Trinajstić information content (AvgIpc) is 2.91. The quantitative estimate of drug-likeness (QED) is 0.783. The second kappa shape index (κ2) is 5.90. The molecular formula is C13H16N4O2. The van der Waals surface area contributed by atoms with Gasteiger partial charge in [-0.25, -0.2) is 0 Å². The van der Waals surface area contributed by atoms with Crippen LogP contribution in [0.15, 0.2) is 36.7 Å². The Labute approximate surface area is 111 Å². The molecule has 0 saturated carbocycles. The van der Waals surface area contributed by atoms with Gasteiger partial charge in [0.05, 0.1) is 13.7 Å². The van der Waals surface area contributed by atoms with Gasteiger partial charge in [-0.2, -0.15) is 5.10 Å². The summed E-state index contributed by atoms with van der Waals surface area (Å²) in [6.45, 7) is 1.12. The Kier molecular flexibility index (Phi) is 4.02. The van der Waals surface area contributed by atoms with E-state index in [9.17, 15) is 4.79 Å². The summed E-state index contributed by atoms with van der Waals surface area (Å²) in [7, 11) is 1.54. The van der Waals surface area contributed by atoms with E-state index in [0.717, 1.165) is 0 Å². The number of carbonyl (C=O) groups is 1. The molecule has 0 atom stereocenters. The lowest BCUT2D eigenvalue weighted by Gasteiger charge is -2.08. The molecule has 6 nitrogen and oxygen atoms in total. The van der Waals surface area contributed by atoms with Crippen molar-refractivity contribution in [3.63, 3.8) is 0 Å². The maximum Gasteiger partial charge on any atom is 0.251 e. The molecule has 0 radical (unpaired) electrons. The lowest BCUT2D eigenvalue weighted by molar-refractivity contribution is 0.0951. The number of benzene rings is 1. The van der Waals surface area contributed by atoms with E-state index >= 15 is 0 Å².